The lowest BCUT2D eigenvalue weighted by atomic mass is 9.96. The van der Waals surface area contributed by atoms with Crippen LogP contribution in [0.5, 0.6) is 0 Å². The van der Waals surface area contributed by atoms with E-state index in [1.54, 1.807) is 24.3 Å². The molecule has 1 unspecified atom stereocenters. The summed E-state index contributed by atoms with van der Waals surface area (Å²) >= 11 is 0. The summed E-state index contributed by atoms with van der Waals surface area (Å²) in [4.78, 5) is 47.8. The van der Waals surface area contributed by atoms with Crippen LogP contribution in [0.3, 0.4) is 0 Å². The van der Waals surface area contributed by atoms with E-state index < -0.39 is 36.2 Å². The van der Waals surface area contributed by atoms with Gasteiger partial charge in [-0.05, 0) is 24.1 Å². The fourth-order valence-corrected chi connectivity index (χ4v) is 2.90. The first-order chi connectivity index (χ1) is 13.8. The molecule has 0 amide bonds. The first kappa shape index (κ1) is 21.9. The molecule has 156 valence electrons. The van der Waals surface area contributed by atoms with Gasteiger partial charge >= 0.3 is 23.9 Å². The van der Waals surface area contributed by atoms with Gasteiger partial charge in [-0.1, -0.05) is 12.1 Å². The molecule has 0 fully saturated rings. The van der Waals surface area contributed by atoms with Gasteiger partial charge in [0.25, 0.3) is 0 Å². The van der Waals surface area contributed by atoms with Crippen molar-refractivity contribution in [2.24, 2.45) is 5.92 Å². The number of aliphatic carboxylic acids is 2. The zero-order valence-electron chi connectivity index (χ0n) is 15.9. The molecule has 1 aromatic carbocycles. The van der Waals surface area contributed by atoms with Crippen molar-refractivity contribution < 1.29 is 43.6 Å². The number of carboxylic acids is 2. The quantitative estimate of drug-likeness (QED) is 0.595. The van der Waals surface area contributed by atoms with Gasteiger partial charge in [0.05, 0.1) is 38.7 Å². The lowest BCUT2D eigenvalue weighted by Crippen LogP contribution is -2.38. The Labute approximate surface area is 166 Å². The smallest absolute Gasteiger partial charge is 0.355 e. The summed E-state index contributed by atoms with van der Waals surface area (Å²) in [6.07, 6.45) is -0.458. The minimum Gasteiger partial charge on any atom is -0.481 e. The molecule has 10 heteroatoms. The summed E-state index contributed by atoms with van der Waals surface area (Å²) in [6, 6.07) is 6.46. The molecule has 1 aliphatic heterocycles. The number of ether oxygens (including phenoxy) is 3. The Hall–Kier alpha value is -3.40. The number of carbonyl (C=O) groups excluding carboxylic acids is 2. The highest BCUT2D eigenvalue weighted by Gasteiger charge is 2.32. The third-order valence-corrected chi connectivity index (χ3v) is 4.33. The van der Waals surface area contributed by atoms with Gasteiger partial charge in [0.15, 0.2) is 0 Å². The first-order valence-corrected chi connectivity index (χ1v) is 8.57. The van der Waals surface area contributed by atoms with Crippen molar-refractivity contribution in [2.45, 2.75) is 12.8 Å². The molecule has 1 aliphatic rings. The highest BCUT2D eigenvalue weighted by atomic mass is 16.5. The van der Waals surface area contributed by atoms with E-state index in [0.717, 1.165) is 0 Å². The number of nitrogens with zero attached hydrogens (tertiary/aromatic N) is 1. The molecule has 1 heterocycles. The summed E-state index contributed by atoms with van der Waals surface area (Å²) in [7, 11) is 2.38. The van der Waals surface area contributed by atoms with Gasteiger partial charge in [-0.3, -0.25) is 9.59 Å². The van der Waals surface area contributed by atoms with E-state index in [-0.39, 0.29) is 31.0 Å². The van der Waals surface area contributed by atoms with Crippen molar-refractivity contribution in [1.82, 2.24) is 0 Å². The highest BCUT2D eigenvalue weighted by Crippen LogP contribution is 2.27. The number of benzene rings is 1. The zero-order chi connectivity index (χ0) is 21.6. The lowest BCUT2D eigenvalue weighted by molar-refractivity contribution is -0.148. The van der Waals surface area contributed by atoms with Gasteiger partial charge in [-0.2, -0.15) is 0 Å². The summed E-state index contributed by atoms with van der Waals surface area (Å²) in [5.41, 5.74) is 1.12. The Morgan fingerprint density at radius 3 is 2.21 bits per heavy atom. The number of carbonyl (C=O) groups is 4. The Morgan fingerprint density at radius 2 is 1.69 bits per heavy atom. The predicted molar refractivity (Wildman–Crippen MR) is 97.9 cm³/mol. The van der Waals surface area contributed by atoms with Gasteiger partial charge in [-0.15, -0.1) is 0 Å². The third-order valence-electron chi connectivity index (χ3n) is 4.33. The van der Waals surface area contributed by atoms with E-state index >= 15 is 0 Å². The van der Waals surface area contributed by atoms with Crippen LogP contribution in [0.15, 0.2) is 35.5 Å². The second kappa shape index (κ2) is 9.69. The van der Waals surface area contributed by atoms with Gasteiger partial charge in [0.2, 0.25) is 0 Å². The van der Waals surface area contributed by atoms with Crippen molar-refractivity contribution in [1.29, 1.82) is 0 Å². The van der Waals surface area contributed by atoms with Crippen molar-refractivity contribution in [3.8, 4) is 0 Å². The average Bonchev–Trinajstić information content (AvgIpc) is 2.71. The van der Waals surface area contributed by atoms with Crippen LogP contribution in [0.1, 0.15) is 12.0 Å². The topological polar surface area (TPSA) is 140 Å². The van der Waals surface area contributed by atoms with Crippen LogP contribution < -0.4 is 4.90 Å². The summed E-state index contributed by atoms with van der Waals surface area (Å²) in [5.74, 6) is -4.90. The molecule has 0 bridgehead atoms. The molecule has 0 radical (unpaired) electrons. The summed E-state index contributed by atoms with van der Waals surface area (Å²) in [6.45, 7) is -0.123. The van der Waals surface area contributed by atoms with Crippen molar-refractivity contribution >= 4 is 29.6 Å². The molecule has 2 N–H and O–H groups in total. The van der Waals surface area contributed by atoms with Gasteiger partial charge < -0.3 is 29.3 Å². The third kappa shape index (κ3) is 5.32. The van der Waals surface area contributed by atoms with Crippen LogP contribution in [0.2, 0.25) is 0 Å². The minimum atomic E-state index is -1.19. The number of hydrogen-bond donors (Lipinski definition) is 2. The highest BCUT2D eigenvalue weighted by molar-refractivity contribution is 6.03. The predicted octanol–water partition coefficient (Wildman–Crippen LogP) is 0.799. The van der Waals surface area contributed by atoms with Crippen LogP contribution in [0.25, 0.3) is 0 Å². The number of esters is 2. The van der Waals surface area contributed by atoms with E-state index in [1.165, 1.54) is 19.1 Å². The average molecular weight is 407 g/mol. The van der Waals surface area contributed by atoms with Crippen molar-refractivity contribution in [3.63, 3.8) is 0 Å². The fraction of sp³-hybridized carbons (Fsp3) is 0.368. The Bertz CT molecular complexity index is 829. The molecule has 1 atom stereocenters. The summed E-state index contributed by atoms with van der Waals surface area (Å²) < 4.78 is 14.9. The number of anilines is 1. The van der Waals surface area contributed by atoms with Crippen LogP contribution in [0.4, 0.5) is 5.69 Å². The van der Waals surface area contributed by atoms with E-state index in [1.807, 2.05) is 0 Å². The second-order valence-electron chi connectivity index (χ2n) is 6.22. The first-order valence-electron chi connectivity index (χ1n) is 8.57. The molecule has 0 aromatic heterocycles. The Kier molecular flexibility index (Phi) is 7.32. The molecule has 29 heavy (non-hydrogen) atoms. The molecule has 0 spiro atoms. The summed E-state index contributed by atoms with van der Waals surface area (Å²) in [5, 5.41) is 18.0. The van der Waals surface area contributed by atoms with E-state index in [9.17, 15) is 24.3 Å². The van der Waals surface area contributed by atoms with E-state index in [0.29, 0.717) is 11.3 Å². The van der Waals surface area contributed by atoms with E-state index in [4.69, 9.17) is 19.3 Å². The van der Waals surface area contributed by atoms with Crippen LogP contribution in [-0.2, 0) is 39.8 Å². The Balaban J connectivity index is 2.31. The van der Waals surface area contributed by atoms with Gasteiger partial charge in [0, 0.05) is 5.69 Å². The van der Waals surface area contributed by atoms with Crippen LogP contribution in [-0.4, -0.2) is 61.6 Å². The fourth-order valence-electron chi connectivity index (χ4n) is 2.90. The number of hydrogen-bond acceptors (Lipinski definition) is 8. The maximum atomic E-state index is 12.3. The molecule has 0 aliphatic carbocycles. The lowest BCUT2D eigenvalue weighted by Gasteiger charge is -2.31. The molecule has 0 saturated carbocycles. The maximum Gasteiger partial charge on any atom is 0.355 e. The Morgan fingerprint density at radius 1 is 1.07 bits per heavy atom. The SMILES string of the molecule is COC(=O)C1=C(C(=O)OC)N(c2ccc(CC(CC(=O)O)C(=O)O)cc2)COC1. The van der Waals surface area contributed by atoms with Crippen LogP contribution >= 0.6 is 0 Å². The molecular weight excluding hydrogens is 386 g/mol. The minimum absolute atomic E-state index is 0.00682. The molecular formula is C19H21NO9. The van der Waals surface area contributed by atoms with Crippen LogP contribution in [0, 0.1) is 5.92 Å². The largest absolute Gasteiger partial charge is 0.481 e. The van der Waals surface area contributed by atoms with Crippen molar-refractivity contribution in [2.75, 3.05) is 32.5 Å². The van der Waals surface area contributed by atoms with Gasteiger partial charge in [0.1, 0.15) is 12.4 Å². The number of rotatable bonds is 8. The standard InChI is InChI=1S/C19H21NO9/c1-27-18(25)14-9-29-10-20(16(14)19(26)28-2)13-5-3-11(4-6-13)7-12(17(23)24)8-15(21)22/h3-6,12H,7-10H2,1-2H3,(H,21,22)(H,23,24). The monoisotopic (exact) mass is 407 g/mol. The molecule has 1 aromatic rings. The molecule has 2 rings (SSSR count). The van der Waals surface area contributed by atoms with Gasteiger partial charge in [-0.25, -0.2) is 9.59 Å². The van der Waals surface area contributed by atoms with E-state index in [2.05, 4.69) is 0 Å². The van der Waals surface area contributed by atoms with Crippen molar-refractivity contribution in [3.05, 3.63) is 41.1 Å². The number of methoxy groups -OCH3 is 2. The normalized spacial score (nSPS) is 14.9. The molecule has 10 nitrogen and oxygen atoms in total. The number of carboxylic acid groups (broad SMARTS) is 2. The molecule has 0 saturated heterocycles. The second-order valence-corrected chi connectivity index (χ2v) is 6.22. The zero-order valence-corrected chi connectivity index (χ0v) is 15.9. The maximum absolute atomic E-state index is 12.3.